The normalized spacial score (nSPS) is 11.2. The van der Waals surface area contributed by atoms with E-state index in [1.165, 1.54) is 0 Å². The number of ether oxygens (including phenoxy) is 1. The van der Waals surface area contributed by atoms with E-state index in [2.05, 4.69) is 31.1 Å². The topological polar surface area (TPSA) is 68.3 Å². The molecule has 1 heterocycles. The van der Waals surface area contributed by atoms with Crippen LogP contribution in [0.4, 0.5) is 5.13 Å². The maximum Gasteiger partial charge on any atom is 0.350 e. The van der Waals surface area contributed by atoms with Crippen molar-refractivity contribution >= 4 is 40.1 Å². The Balaban J connectivity index is 2.63. The molecule has 0 bridgehead atoms. The number of hydrogen-bond donors (Lipinski definition) is 1. The Kier molecular flexibility index (Phi) is 6.01. The summed E-state index contributed by atoms with van der Waals surface area (Å²) in [6, 6.07) is 0. The number of nitrogens with zero attached hydrogens (tertiary/aromatic N) is 1. The fraction of sp³-hybridized carbons (Fsp3) is 0.615. The van der Waals surface area contributed by atoms with Gasteiger partial charge in [-0.3, -0.25) is 4.79 Å². The first-order valence-electron chi connectivity index (χ1n) is 6.31. The first kappa shape index (κ1) is 17.0. The Hall–Kier alpha value is -1.08. The monoisotopic (exact) mass is 316 g/mol. The molecule has 0 unspecified atom stereocenters. The highest BCUT2D eigenvalue weighted by atomic mass is 32.2. The van der Waals surface area contributed by atoms with Crippen LogP contribution in [0.25, 0.3) is 0 Å². The molecule has 7 heteroatoms. The second-order valence-corrected chi connectivity index (χ2v) is 7.90. The molecule has 5 nitrogen and oxygen atoms in total. The zero-order valence-electron chi connectivity index (χ0n) is 12.4. The van der Waals surface area contributed by atoms with Gasteiger partial charge in [0.05, 0.1) is 18.1 Å². The quantitative estimate of drug-likeness (QED) is 0.845. The first-order valence-corrected chi connectivity index (χ1v) is 8.11. The summed E-state index contributed by atoms with van der Waals surface area (Å²) in [6.07, 6.45) is 0. The molecule has 1 rings (SSSR count). The Morgan fingerprint density at radius 1 is 1.40 bits per heavy atom. The molecule has 0 fully saturated rings. The van der Waals surface area contributed by atoms with Crippen molar-refractivity contribution < 1.29 is 14.3 Å². The zero-order chi connectivity index (χ0) is 15.3. The number of thiazole rings is 1. The molecule has 0 radical (unpaired) electrons. The third-order valence-corrected chi connectivity index (χ3v) is 4.47. The highest BCUT2D eigenvalue weighted by molar-refractivity contribution is 8.01. The molecule has 0 atom stereocenters. The minimum absolute atomic E-state index is 0.0340. The highest BCUT2D eigenvalue weighted by Crippen LogP contribution is 2.25. The number of aromatic nitrogens is 1. The summed E-state index contributed by atoms with van der Waals surface area (Å²) in [4.78, 5) is 28.1. The van der Waals surface area contributed by atoms with E-state index in [1.54, 1.807) is 25.6 Å². The van der Waals surface area contributed by atoms with Gasteiger partial charge < -0.3 is 10.1 Å². The van der Waals surface area contributed by atoms with Crippen molar-refractivity contribution in [1.82, 2.24) is 4.98 Å². The Morgan fingerprint density at radius 2 is 2.05 bits per heavy atom. The van der Waals surface area contributed by atoms with Gasteiger partial charge in [0.15, 0.2) is 5.13 Å². The standard InChI is InChI=1S/C13H20N2O3S2/c1-6-18-11(17)10-8(2)14-12(20-10)15-9(16)7-19-13(3,4)5/h6-7H2,1-5H3,(H,14,15,16). The number of amides is 1. The van der Waals surface area contributed by atoms with Gasteiger partial charge in [0, 0.05) is 4.75 Å². The van der Waals surface area contributed by atoms with Crippen LogP contribution in [0.3, 0.4) is 0 Å². The molecule has 1 amide bonds. The number of anilines is 1. The van der Waals surface area contributed by atoms with Crippen LogP contribution in [0, 0.1) is 6.92 Å². The Labute approximate surface area is 127 Å². The largest absolute Gasteiger partial charge is 0.462 e. The van der Waals surface area contributed by atoms with Crippen molar-refractivity contribution in [1.29, 1.82) is 0 Å². The smallest absolute Gasteiger partial charge is 0.350 e. The molecule has 0 saturated heterocycles. The number of esters is 1. The van der Waals surface area contributed by atoms with Crippen LogP contribution in [0.1, 0.15) is 43.1 Å². The number of carbonyl (C=O) groups is 2. The molecular formula is C13H20N2O3S2. The number of carbonyl (C=O) groups excluding carboxylic acids is 2. The van der Waals surface area contributed by atoms with Crippen LogP contribution in [0.15, 0.2) is 0 Å². The van der Waals surface area contributed by atoms with E-state index in [0.717, 1.165) is 11.3 Å². The number of thioether (sulfide) groups is 1. The summed E-state index contributed by atoms with van der Waals surface area (Å²) in [6.45, 7) is 9.95. The average molecular weight is 316 g/mol. The fourth-order valence-corrected chi connectivity index (χ4v) is 2.79. The van der Waals surface area contributed by atoms with E-state index in [-0.39, 0.29) is 10.7 Å². The zero-order valence-corrected chi connectivity index (χ0v) is 14.0. The first-order chi connectivity index (χ1) is 9.23. The van der Waals surface area contributed by atoms with Gasteiger partial charge in [0.1, 0.15) is 4.88 Å². The van der Waals surface area contributed by atoms with Crippen molar-refractivity contribution in [3.8, 4) is 0 Å². The van der Waals surface area contributed by atoms with E-state index < -0.39 is 5.97 Å². The molecule has 1 aromatic rings. The lowest BCUT2D eigenvalue weighted by atomic mass is 10.3. The molecule has 1 aromatic heterocycles. The minimum atomic E-state index is -0.396. The summed E-state index contributed by atoms with van der Waals surface area (Å²) >= 11 is 2.70. The number of hydrogen-bond acceptors (Lipinski definition) is 6. The van der Waals surface area contributed by atoms with Gasteiger partial charge in [-0.1, -0.05) is 32.1 Å². The maximum atomic E-state index is 11.8. The van der Waals surface area contributed by atoms with Crippen LogP contribution in [-0.4, -0.2) is 34.0 Å². The van der Waals surface area contributed by atoms with E-state index >= 15 is 0 Å². The summed E-state index contributed by atoms with van der Waals surface area (Å²) < 4.78 is 4.97. The molecule has 0 saturated carbocycles. The predicted molar refractivity (Wildman–Crippen MR) is 83.6 cm³/mol. The van der Waals surface area contributed by atoms with Crippen molar-refractivity contribution in [2.24, 2.45) is 0 Å². The third-order valence-electron chi connectivity index (χ3n) is 2.14. The van der Waals surface area contributed by atoms with E-state index in [4.69, 9.17) is 4.74 Å². The number of aryl methyl sites for hydroxylation is 1. The van der Waals surface area contributed by atoms with E-state index in [1.807, 2.05) is 0 Å². The number of rotatable bonds is 5. The van der Waals surface area contributed by atoms with Gasteiger partial charge in [-0.2, -0.15) is 0 Å². The van der Waals surface area contributed by atoms with Crippen molar-refractivity contribution in [3.63, 3.8) is 0 Å². The molecule has 0 spiro atoms. The van der Waals surface area contributed by atoms with Crippen LogP contribution in [0.2, 0.25) is 0 Å². The van der Waals surface area contributed by atoms with Gasteiger partial charge in [-0.05, 0) is 13.8 Å². The van der Waals surface area contributed by atoms with Crippen molar-refractivity contribution in [2.75, 3.05) is 17.7 Å². The second kappa shape index (κ2) is 7.08. The van der Waals surface area contributed by atoms with Gasteiger partial charge in [-0.15, -0.1) is 11.8 Å². The maximum absolute atomic E-state index is 11.8. The van der Waals surface area contributed by atoms with Crippen LogP contribution in [0.5, 0.6) is 0 Å². The second-order valence-electron chi connectivity index (χ2n) is 5.10. The van der Waals surface area contributed by atoms with Crippen LogP contribution in [-0.2, 0) is 9.53 Å². The van der Waals surface area contributed by atoms with E-state index in [0.29, 0.717) is 28.1 Å². The number of nitrogens with one attached hydrogen (secondary N) is 1. The van der Waals surface area contributed by atoms with Crippen LogP contribution >= 0.6 is 23.1 Å². The third kappa shape index (κ3) is 5.50. The van der Waals surface area contributed by atoms with Gasteiger partial charge in [0.25, 0.3) is 0 Å². The highest BCUT2D eigenvalue weighted by Gasteiger charge is 2.18. The molecule has 20 heavy (non-hydrogen) atoms. The fourth-order valence-electron chi connectivity index (χ4n) is 1.27. The summed E-state index contributed by atoms with van der Waals surface area (Å²) in [5.74, 6) is -0.155. The summed E-state index contributed by atoms with van der Waals surface area (Å²) in [5, 5.41) is 3.15. The van der Waals surface area contributed by atoms with Crippen molar-refractivity contribution in [2.45, 2.75) is 39.4 Å². The van der Waals surface area contributed by atoms with Gasteiger partial charge in [-0.25, -0.2) is 9.78 Å². The molecule has 0 aliphatic heterocycles. The summed E-state index contributed by atoms with van der Waals surface area (Å²) in [7, 11) is 0. The van der Waals surface area contributed by atoms with Crippen LogP contribution < -0.4 is 5.32 Å². The van der Waals surface area contributed by atoms with Gasteiger partial charge in [0.2, 0.25) is 5.91 Å². The minimum Gasteiger partial charge on any atom is -0.462 e. The lowest BCUT2D eigenvalue weighted by Gasteiger charge is -2.16. The predicted octanol–water partition coefficient (Wildman–Crippen LogP) is 3.10. The average Bonchev–Trinajstić information content (AvgIpc) is 2.67. The summed E-state index contributed by atoms with van der Waals surface area (Å²) in [5.41, 5.74) is 0.576. The van der Waals surface area contributed by atoms with E-state index in [9.17, 15) is 9.59 Å². The molecule has 0 aliphatic carbocycles. The molecule has 0 aromatic carbocycles. The Morgan fingerprint density at radius 3 is 2.60 bits per heavy atom. The Bertz CT molecular complexity index is 492. The lowest BCUT2D eigenvalue weighted by molar-refractivity contribution is -0.113. The van der Waals surface area contributed by atoms with Crippen molar-refractivity contribution in [3.05, 3.63) is 10.6 Å². The molecule has 1 N–H and O–H groups in total. The lowest BCUT2D eigenvalue weighted by Crippen LogP contribution is -2.18. The SMILES string of the molecule is CCOC(=O)c1sc(NC(=O)CSC(C)(C)C)nc1C. The molecule has 0 aliphatic rings. The molecular weight excluding hydrogens is 296 g/mol. The van der Waals surface area contributed by atoms with Gasteiger partial charge >= 0.3 is 5.97 Å². The molecule has 112 valence electrons.